The largest absolute Gasteiger partial charge is 0.325 e. The quantitative estimate of drug-likeness (QED) is 0.840. The molecule has 3 rings (SSSR count). The van der Waals surface area contributed by atoms with Crippen LogP contribution in [0.15, 0.2) is 54.6 Å². The van der Waals surface area contributed by atoms with E-state index in [9.17, 15) is 9.59 Å². The second-order valence-electron chi connectivity index (χ2n) is 6.18. The van der Waals surface area contributed by atoms with Gasteiger partial charge in [-0.3, -0.25) is 9.59 Å². The molecule has 1 N–H and O–H groups in total. The number of amides is 1. The predicted octanol–water partition coefficient (Wildman–Crippen LogP) is 4.24. The van der Waals surface area contributed by atoms with E-state index in [0.717, 1.165) is 18.4 Å². The fourth-order valence-electron chi connectivity index (χ4n) is 3.29. The van der Waals surface area contributed by atoms with Gasteiger partial charge in [0.15, 0.2) is 5.78 Å². The SMILES string of the molecule is CCCCC1(Cc2ccccc2)C(=O)Nc2ccccc2C1=O. The number of hydrogen-bond donors (Lipinski definition) is 1. The molecule has 2 aromatic carbocycles. The fraction of sp³-hybridized carbons (Fsp3) is 0.300. The summed E-state index contributed by atoms with van der Waals surface area (Å²) < 4.78 is 0. The van der Waals surface area contributed by atoms with Crippen molar-refractivity contribution in [1.82, 2.24) is 0 Å². The Kier molecular flexibility index (Phi) is 4.28. The molecule has 1 atom stereocenters. The lowest BCUT2D eigenvalue weighted by atomic mass is 9.69. The lowest BCUT2D eigenvalue weighted by molar-refractivity contribution is -0.123. The maximum Gasteiger partial charge on any atom is 0.238 e. The van der Waals surface area contributed by atoms with Crippen LogP contribution in [0.4, 0.5) is 5.69 Å². The molecule has 118 valence electrons. The van der Waals surface area contributed by atoms with Crippen molar-refractivity contribution in [1.29, 1.82) is 0 Å². The van der Waals surface area contributed by atoms with Gasteiger partial charge >= 0.3 is 0 Å². The number of unbranched alkanes of at least 4 members (excludes halogenated alkanes) is 1. The van der Waals surface area contributed by atoms with Crippen LogP contribution in [0.2, 0.25) is 0 Å². The number of hydrogen-bond acceptors (Lipinski definition) is 2. The highest BCUT2D eigenvalue weighted by atomic mass is 16.2. The Balaban J connectivity index is 2.04. The van der Waals surface area contributed by atoms with E-state index in [1.807, 2.05) is 48.5 Å². The summed E-state index contributed by atoms with van der Waals surface area (Å²) in [6.07, 6.45) is 2.84. The molecule has 1 aliphatic heterocycles. The number of benzene rings is 2. The molecule has 0 aliphatic carbocycles. The molecule has 3 nitrogen and oxygen atoms in total. The molecule has 0 radical (unpaired) electrons. The van der Waals surface area contributed by atoms with Crippen LogP contribution < -0.4 is 5.32 Å². The molecular weight excluding hydrogens is 286 g/mol. The van der Waals surface area contributed by atoms with Crippen LogP contribution in [-0.2, 0) is 11.2 Å². The second-order valence-corrected chi connectivity index (χ2v) is 6.18. The average Bonchev–Trinajstić information content (AvgIpc) is 2.58. The third-order valence-electron chi connectivity index (χ3n) is 4.60. The van der Waals surface area contributed by atoms with Crippen molar-refractivity contribution in [3.8, 4) is 0 Å². The molecular formula is C20H21NO2. The number of anilines is 1. The molecule has 1 amide bonds. The third kappa shape index (κ3) is 2.79. The zero-order valence-corrected chi connectivity index (χ0v) is 13.3. The van der Waals surface area contributed by atoms with Gasteiger partial charge in [-0.05, 0) is 30.5 Å². The Labute approximate surface area is 136 Å². The van der Waals surface area contributed by atoms with Crippen LogP contribution in [0, 0.1) is 5.41 Å². The summed E-state index contributed by atoms with van der Waals surface area (Å²) >= 11 is 0. The topological polar surface area (TPSA) is 46.2 Å². The molecule has 3 heteroatoms. The van der Waals surface area contributed by atoms with Gasteiger partial charge in [-0.1, -0.05) is 62.2 Å². The Morgan fingerprint density at radius 2 is 1.65 bits per heavy atom. The lowest BCUT2D eigenvalue weighted by Crippen LogP contribution is -2.48. The Hall–Kier alpha value is -2.42. The highest BCUT2D eigenvalue weighted by Crippen LogP contribution is 2.40. The van der Waals surface area contributed by atoms with Gasteiger partial charge in [0, 0.05) is 5.56 Å². The summed E-state index contributed by atoms with van der Waals surface area (Å²) in [6, 6.07) is 17.1. The number of carbonyl (C=O) groups is 2. The lowest BCUT2D eigenvalue weighted by Gasteiger charge is -2.35. The van der Waals surface area contributed by atoms with E-state index in [4.69, 9.17) is 0 Å². The molecule has 0 bridgehead atoms. The first-order valence-corrected chi connectivity index (χ1v) is 8.16. The highest BCUT2D eigenvalue weighted by molar-refractivity contribution is 6.24. The summed E-state index contributed by atoms with van der Waals surface area (Å²) in [5.74, 6) is -0.215. The van der Waals surface area contributed by atoms with E-state index >= 15 is 0 Å². The number of Topliss-reactive ketones (excluding diaryl/α,β-unsaturated/α-hetero) is 1. The number of nitrogens with one attached hydrogen (secondary N) is 1. The second kappa shape index (κ2) is 6.37. The van der Waals surface area contributed by atoms with Crippen LogP contribution in [0.25, 0.3) is 0 Å². The van der Waals surface area contributed by atoms with Gasteiger partial charge in [-0.15, -0.1) is 0 Å². The molecule has 23 heavy (non-hydrogen) atoms. The minimum atomic E-state index is -0.994. The van der Waals surface area contributed by atoms with Crippen molar-refractivity contribution in [2.24, 2.45) is 5.41 Å². The van der Waals surface area contributed by atoms with E-state index in [0.29, 0.717) is 24.1 Å². The van der Waals surface area contributed by atoms with Gasteiger partial charge in [0.1, 0.15) is 5.41 Å². The van der Waals surface area contributed by atoms with Crippen LogP contribution in [0.1, 0.15) is 42.1 Å². The molecule has 1 heterocycles. The van der Waals surface area contributed by atoms with Gasteiger partial charge < -0.3 is 5.32 Å². The van der Waals surface area contributed by atoms with Gasteiger partial charge in [-0.25, -0.2) is 0 Å². The van der Waals surface area contributed by atoms with Gasteiger partial charge in [0.25, 0.3) is 0 Å². The minimum Gasteiger partial charge on any atom is -0.325 e. The summed E-state index contributed by atoms with van der Waals surface area (Å²) in [6.45, 7) is 2.08. The van der Waals surface area contributed by atoms with E-state index < -0.39 is 5.41 Å². The Morgan fingerprint density at radius 3 is 2.39 bits per heavy atom. The minimum absolute atomic E-state index is 0.0471. The standard InChI is InChI=1S/C20H21NO2/c1-2-3-13-20(14-15-9-5-4-6-10-15)18(22)16-11-7-8-12-17(16)21-19(20)23/h4-12H,2-3,13-14H2,1H3,(H,21,23). The summed E-state index contributed by atoms with van der Waals surface area (Å²) in [7, 11) is 0. The summed E-state index contributed by atoms with van der Waals surface area (Å²) in [5, 5.41) is 2.95. The van der Waals surface area contributed by atoms with Gasteiger partial charge in [-0.2, -0.15) is 0 Å². The molecule has 0 aromatic heterocycles. The van der Waals surface area contributed by atoms with Crippen molar-refractivity contribution in [3.05, 3.63) is 65.7 Å². The molecule has 1 aliphatic rings. The maximum absolute atomic E-state index is 13.2. The highest BCUT2D eigenvalue weighted by Gasteiger charge is 2.48. The number of ketones is 1. The fourth-order valence-corrected chi connectivity index (χ4v) is 3.29. The monoisotopic (exact) mass is 307 g/mol. The number of rotatable bonds is 5. The van der Waals surface area contributed by atoms with E-state index in [1.165, 1.54) is 0 Å². The van der Waals surface area contributed by atoms with Gasteiger partial charge in [0.05, 0.1) is 5.69 Å². The average molecular weight is 307 g/mol. The van der Waals surface area contributed by atoms with Crippen molar-refractivity contribution < 1.29 is 9.59 Å². The summed E-state index contributed by atoms with van der Waals surface area (Å²) in [5.41, 5.74) is 1.28. The maximum atomic E-state index is 13.2. The molecule has 0 fully saturated rings. The smallest absolute Gasteiger partial charge is 0.238 e. The van der Waals surface area contributed by atoms with Crippen LogP contribution in [0.5, 0.6) is 0 Å². The van der Waals surface area contributed by atoms with Gasteiger partial charge in [0.2, 0.25) is 5.91 Å². The third-order valence-corrected chi connectivity index (χ3v) is 4.60. The Bertz CT molecular complexity index is 723. The molecule has 0 spiro atoms. The zero-order valence-electron chi connectivity index (χ0n) is 13.3. The first-order valence-electron chi connectivity index (χ1n) is 8.16. The molecule has 1 unspecified atom stereocenters. The Morgan fingerprint density at radius 1 is 0.957 bits per heavy atom. The number of para-hydroxylation sites is 1. The van der Waals surface area contributed by atoms with Crippen LogP contribution in [0.3, 0.4) is 0 Å². The van der Waals surface area contributed by atoms with Crippen LogP contribution >= 0.6 is 0 Å². The van der Waals surface area contributed by atoms with E-state index in [-0.39, 0.29) is 11.7 Å². The molecule has 0 saturated heterocycles. The zero-order chi connectivity index (χ0) is 16.3. The first-order chi connectivity index (χ1) is 11.2. The van der Waals surface area contributed by atoms with E-state index in [1.54, 1.807) is 6.07 Å². The van der Waals surface area contributed by atoms with Crippen LogP contribution in [-0.4, -0.2) is 11.7 Å². The number of fused-ring (bicyclic) bond motifs is 1. The van der Waals surface area contributed by atoms with E-state index in [2.05, 4.69) is 12.2 Å². The predicted molar refractivity (Wildman–Crippen MR) is 91.5 cm³/mol. The first kappa shape index (κ1) is 15.5. The molecule has 0 saturated carbocycles. The number of carbonyl (C=O) groups excluding carboxylic acids is 2. The van der Waals surface area contributed by atoms with Crippen molar-refractivity contribution >= 4 is 17.4 Å². The summed E-state index contributed by atoms with van der Waals surface area (Å²) in [4.78, 5) is 26.1. The van der Waals surface area contributed by atoms with Crippen molar-refractivity contribution in [2.45, 2.75) is 32.6 Å². The molecule has 2 aromatic rings. The van der Waals surface area contributed by atoms with Crippen molar-refractivity contribution in [2.75, 3.05) is 5.32 Å². The van der Waals surface area contributed by atoms with Crippen molar-refractivity contribution in [3.63, 3.8) is 0 Å². The normalized spacial score (nSPS) is 20.0.